The van der Waals surface area contributed by atoms with E-state index in [0.717, 1.165) is 69.3 Å². The van der Waals surface area contributed by atoms with Gasteiger partial charge in [0.1, 0.15) is 12.4 Å². The van der Waals surface area contributed by atoms with Crippen molar-refractivity contribution in [1.82, 2.24) is 4.72 Å². The molecule has 0 unspecified atom stereocenters. The molecule has 2 aliphatic heterocycles. The maximum Gasteiger partial charge on any atom is 0.264 e. The number of hydrogen-bond acceptors (Lipinski definition) is 6. The number of anilines is 1. The first-order chi connectivity index (χ1) is 20.5. The Kier molecular flexibility index (Phi) is 8.57. The van der Waals surface area contributed by atoms with Crippen LogP contribution in [0.15, 0.2) is 48.6 Å². The number of aliphatic hydroxyl groups is 1. The van der Waals surface area contributed by atoms with Gasteiger partial charge in [0, 0.05) is 23.7 Å². The van der Waals surface area contributed by atoms with Crippen LogP contribution in [0.3, 0.4) is 0 Å². The minimum Gasteiger partial charge on any atom is -0.487 e. The molecule has 5 atom stereocenters. The van der Waals surface area contributed by atoms with E-state index in [1.165, 1.54) is 5.56 Å². The van der Waals surface area contributed by atoms with E-state index in [4.69, 9.17) is 16.3 Å². The number of sulfonamides is 1. The van der Waals surface area contributed by atoms with Gasteiger partial charge in [0.05, 0.1) is 16.5 Å². The standard InChI is InChI=1S/C34H43ClN2O5S/c1-22-6-5-16-34(39,28-11-12-28)30-14-9-26(30)20-37-17-4-3-7-24-18-29(35)13-8-27(24)21-42-32-15-10-25(19-31(32)37)33(38)36-43(40,41)23(22)2/h5,8,10,13,15-16,18-19,22-23,26,28,30,39H,3-4,6-7,9,11-12,14,17,20-21H2,1-2H3,(H,36,38)/b16-5+/t22-,23+,26-,30+,34-/m0/s1. The molecule has 43 heavy (non-hydrogen) atoms. The number of amides is 1. The fourth-order valence-electron chi connectivity index (χ4n) is 7.12. The molecule has 0 spiro atoms. The first-order valence-corrected chi connectivity index (χ1v) is 17.7. The number of carbonyl (C=O) groups is 1. The smallest absolute Gasteiger partial charge is 0.264 e. The molecule has 7 nitrogen and oxygen atoms in total. The van der Waals surface area contributed by atoms with Crippen LogP contribution in [0.2, 0.25) is 5.02 Å². The van der Waals surface area contributed by atoms with Crippen molar-refractivity contribution in [3.05, 3.63) is 70.3 Å². The highest BCUT2D eigenvalue weighted by atomic mass is 35.5. The summed E-state index contributed by atoms with van der Waals surface area (Å²) in [6, 6.07) is 11.1. The number of hydrogen-bond donors (Lipinski definition) is 2. The van der Waals surface area contributed by atoms with Gasteiger partial charge in [-0.15, -0.1) is 0 Å². The minimum atomic E-state index is -3.93. The Labute approximate surface area is 260 Å². The lowest BCUT2D eigenvalue weighted by atomic mass is 9.62. The fraction of sp³-hybridized carbons (Fsp3) is 0.559. The van der Waals surface area contributed by atoms with Crippen molar-refractivity contribution in [2.75, 3.05) is 18.0 Å². The van der Waals surface area contributed by atoms with Gasteiger partial charge in [0.2, 0.25) is 10.0 Å². The summed E-state index contributed by atoms with van der Waals surface area (Å²) in [5.74, 6) is 0.472. The summed E-state index contributed by atoms with van der Waals surface area (Å²) in [6.45, 7) is 5.37. The fourth-order valence-corrected chi connectivity index (χ4v) is 8.60. The summed E-state index contributed by atoms with van der Waals surface area (Å²) in [6.07, 6.45) is 11.3. The molecule has 232 valence electrons. The van der Waals surface area contributed by atoms with Gasteiger partial charge < -0.3 is 14.7 Å². The monoisotopic (exact) mass is 626 g/mol. The number of fused-ring (bicyclic) bond motifs is 3. The lowest BCUT2D eigenvalue weighted by Gasteiger charge is -2.48. The van der Waals surface area contributed by atoms with Crippen molar-refractivity contribution in [2.24, 2.45) is 23.7 Å². The van der Waals surface area contributed by atoms with E-state index in [2.05, 4.69) is 9.62 Å². The van der Waals surface area contributed by atoms with Crippen molar-refractivity contribution >= 4 is 33.2 Å². The summed E-state index contributed by atoms with van der Waals surface area (Å²) < 4.78 is 35.3. The van der Waals surface area contributed by atoms with Crippen LogP contribution >= 0.6 is 11.6 Å². The van der Waals surface area contributed by atoms with Crippen LogP contribution in [-0.2, 0) is 23.1 Å². The zero-order valence-electron chi connectivity index (χ0n) is 25.1. The predicted octanol–water partition coefficient (Wildman–Crippen LogP) is 6.27. The second kappa shape index (κ2) is 12.1. The molecule has 9 heteroatoms. The van der Waals surface area contributed by atoms with E-state index < -0.39 is 26.8 Å². The molecule has 1 amide bonds. The van der Waals surface area contributed by atoms with Crippen molar-refractivity contribution in [3.63, 3.8) is 0 Å². The van der Waals surface area contributed by atoms with E-state index in [1.807, 2.05) is 37.3 Å². The van der Waals surface area contributed by atoms with Crippen LogP contribution in [-0.4, -0.2) is 43.4 Å². The maximum atomic E-state index is 13.4. The van der Waals surface area contributed by atoms with E-state index in [-0.39, 0.29) is 23.3 Å². The predicted molar refractivity (Wildman–Crippen MR) is 170 cm³/mol. The van der Waals surface area contributed by atoms with Crippen LogP contribution in [0.1, 0.15) is 80.3 Å². The first kappa shape index (κ1) is 30.5. The van der Waals surface area contributed by atoms with Gasteiger partial charge in [0.25, 0.3) is 5.91 Å². The number of nitrogens with one attached hydrogen (secondary N) is 1. The number of carbonyl (C=O) groups excluding carboxylic acids is 1. The second-order valence-corrected chi connectivity index (χ2v) is 15.7. The number of allylic oxidation sites excluding steroid dienone is 1. The topological polar surface area (TPSA) is 95.9 Å². The zero-order valence-corrected chi connectivity index (χ0v) is 26.7. The van der Waals surface area contributed by atoms with Gasteiger partial charge >= 0.3 is 0 Å². The average molecular weight is 627 g/mol. The molecule has 0 radical (unpaired) electrons. The van der Waals surface area contributed by atoms with Crippen LogP contribution in [0.25, 0.3) is 0 Å². The highest BCUT2D eigenvalue weighted by Crippen LogP contribution is 2.53. The minimum absolute atomic E-state index is 0.140. The normalized spacial score (nSPS) is 32.1. The first-order valence-electron chi connectivity index (χ1n) is 15.8. The SMILES string of the molecule is C[C@@H]1[C@@H](C)C/C=C/[C@](O)(C2CC2)[C@@H]2CC[C@H]2CN2CCCCc3cc(Cl)ccc3COc3ccc(cc32)C(=O)NS1(=O)=O. The number of aryl methyl sites for hydroxylation is 1. The van der Waals surface area contributed by atoms with Gasteiger partial charge in [-0.2, -0.15) is 0 Å². The lowest BCUT2D eigenvalue weighted by molar-refractivity contribution is -0.0605. The molecule has 0 aromatic heterocycles. The van der Waals surface area contributed by atoms with E-state index >= 15 is 0 Å². The summed E-state index contributed by atoms with van der Waals surface area (Å²) >= 11 is 6.33. The molecule has 2 heterocycles. The molecule has 2 bridgehead atoms. The number of rotatable bonds is 1. The summed E-state index contributed by atoms with van der Waals surface area (Å²) in [5.41, 5.74) is 2.44. The number of halogens is 1. The second-order valence-electron chi connectivity index (χ2n) is 13.2. The van der Waals surface area contributed by atoms with Crippen LogP contribution in [0.5, 0.6) is 5.75 Å². The average Bonchev–Trinajstić information content (AvgIpc) is 3.81. The Morgan fingerprint density at radius 1 is 1.05 bits per heavy atom. The number of nitrogens with zero attached hydrogens (tertiary/aromatic N) is 1. The van der Waals surface area contributed by atoms with Crippen LogP contribution < -0.4 is 14.4 Å². The maximum absolute atomic E-state index is 13.4. The summed E-state index contributed by atoms with van der Waals surface area (Å²) in [4.78, 5) is 15.7. The Bertz CT molecular complexity index is 1510. The molecule has 4 aliphatic rings. The van der Waals surface area contributed by atoms with Crippen LogP contribution in [0, 0.1) is 23.7 Å². The third-order valence-corrected chi connectivity index (χ3v) is 12.5. The number of benzene rings is 2. The molecule has 2 aromatic carbocycles. The molecule has 2 aromatic rings. The van der Waals surface area contributed by atoms with Gasteiger partial charge in [-0.3, -0.25) is 4.79 Å². The molecular formula is C34H43ClN2O5S. The Balaban J connectivity index is 1.40. The van der Waals surface area contributed by atoms with Crippen molar-refractivity contribution in [3.8, 4) is 5.75 Å². The third kappa shape index (κ3) is 6.34. The molecule has 0 saturated heterocycles. The van der Waals surface area contributed by atoms with Crippen molar-refractivity contribution in [2.45, 2.75) is 82.7 Å². The molecule has 6 rings (SSSR count). The van der Waals surface area contributed by atoms with E-state index in [9.17, 15) is 18.3 Å². The van der Waals surface area contributed by atoms with Gasteiger partial charge in [-0.05, 0) is 123 Å². The zero-order chi connectivity index (χ0) is 30.4. The highest BCUT2D eigenvalue weighted by Gasteiger charge is 2.53. The van der Waals surface area contributed by atoms with Gasteiger partial charge in [-0.25, -0.2) is 13.1 Å². The largest absolute Gasteiger partial charge is 0.487 e. The number of ether oxygens (including phenoxy) is 1. The van der Waals surface area contributed by atoms with E-state index in [1.54, 1.807) is 25.1 Å². The molecule has 2 fully saturated rings. The van der Waals surface area contributed by atoms with Crippen molar-refractivity contribution < 1.29 is 23.1 Å². The Morgan fingerprint density at radius 2 is 1.86 bits per heavy atom. The lowest BCUT2D eigenvalue weighted by Crippen LogP contribution is -2.51. The van der Waals surface area contributed by atoms with Gasteiger partial charge in [-0.1, -0.05) is 36.7 Å². The van der Waals surface area contributed by atoms with Crippen LogP contribution in [0.4, 0.5) is 5.69 Å². The molecule has 2 saturated carbocycles. The molecule has 2 N–H and O–H groups in total. The van der Waals surface area contributed by atoms with Gasteiger partial charge in [0.15, 0.2) is 0 Å². The Hall–Kier alpha value is -2.55. The molecule has 2 aliphatic carbocycles. The summed E-state index contributed by atoms with van der Waals surface area (Å²) in [7, 11) is -3.93. The summed E-state index contributed by atoms with van der Waals surface area (Å²) in [5, 5.41) is 12.0. The highest BCUT2D eigenvalue weighted by molar-refractivity contribution is 7.90. The quantitative estimate of drug-likeness (QED) is 0.362. The van der Waals surface area contributed by atoms with E-state index in [0.29, 0.717) is 29.7 Å². The molecular weight excluding hydrogens is 584 g/mol. The van der Waals surface area contributed by atoms with Crippen molar-refractivity contribution in [1.29, 1.82) is 0 Å². The Morgan fingerprint density at radius 3 is 2.60 bits per heavy atom. The third-order valence-electron chi connectivity index (χ3n) is 10.4.